The summed E-state index contributed by atoms with van der Waals surface area (Å²) in [6, 6.07) is 2.79. The molecule has 1 rings (SSSR count). The Morgan fingerprint density at radius 3 is 2.60 bits per heavy atom. The Morgan fingerprint density at radius 1 is 1.40 bits per heavy atom. The molecule has 0 atom stereocenters. The van der Waals surface area contributed by atoms with E-state index in [0.717, 1.165) is 0 Å². The normalized spacial score (nSPS) is 9.73. The van der Waals surface area contributed by atoms with Crippen LogP contribution in [0.4, 0.5) is 0 Å². The number of carbonyl (C=O) groups is 1. The summed E-state index contributed by atoms with van der Waals surface area (Å²) in [5, 5.41) is 18.6. The molecule has 0 unspecified atom stereocenters. The third-order valence-electron chi connectivity index (χ3n) is 1.78. The van der Waals surface area contributed by atoms with Crippen LogP contribution in [0.1, 0.15) is 12.5 Å². The van der Waals surface area contributed by atoms with E-state index in [1.165, 1.54) is 26.2 Å². The number of esters is 1. The average Bonchev–Trinajstić information content (AvgIpc) is 2.19. The average molecular weight is 212 g/mol. The van der Waals surface area contributed by atoms with Gasteiger partial charge in [-0.15, -0.1) is 0 Å². The standard InChI is InChI=1S/C10H12O5/c1-6(11)15-5-7-3-8(12)10(13)9(4-7)14-2/h3-4,12-13H,5H2,1-2H3. The molecule has 0 fully saturated rings. The number of benzene rings is 1. The molecule has 5 heteroatoms. The highest BCUT2D eigenvalue weighted by Gasteiger charge is 2.10. The molecular weight excluding hydrogens is 200 g/mol. The van der Waals surface area contributed by atoms with Crippen LogP contribution in [0.3, 0.4) is 0 Å². The summed E-state index contributed by atoms with van der Waals surface area (Å²) in [4.78, 5) is 10.6. The van der Waals surface area contributed by atoms with Gasteiger partial charge in [-0.25, -0.2) is 0 Å². The molecule has 0 spiro atoms. The summed E-state index contributed by atoms with van der Waals surface area (Å²) in [6.45, 7) is 1.32. The van der Waals surface area contributed by atoms with Crippen LogP contribution in [-0.2, 0) is 16.1 Å². The maximum Gasteiger partial charge on any atom is 0.302 e. The van der Waals surface area contributed by atoms with Crippen LogP contribution in [0.25, 0.3) is 0 Å². The molecule has 0 aliphatic rings. The van der Waals surface area contributed by atoms with Gasteiger partial charge in [-0.3, -0.25) is 4.79 Å². The van der Waals surface area contributed by atoms with Crippen LogP contribution in [-0.4, -0.2) is 23.3 Å². The highest BCUT2D eigenvalue weighted by molar-refractivity contribution is 5.66. The minimum absolute atomic E-state index is 0.0273. The van der Waals surface area contributed by atoms with E-state index in [-0.39, 0.29) is 23.9 Å². The van der Waals surface area contributed by atoms with Crippen LogP contribution in [0.2, 0.25) is 0 Å². The van der Waals surface area contributed by atoms with Gasteiger partial charge in [-0.2, -0.15) is 0 Å². The van der Waals surface area contributed by atoms with Crippen LogP contribution in [0.15, 0.2) is 12.1 Å². The van der Waals surface area contributed by atoms with Gasteiger partial charge >= 0.3 is 5.97 Å². The second kappa shape index (κ2) is 4.54. The zero-order valence-electron chi connectivity index (χ0n) is 8.48. The van der Waals surface area contributed by atoms with Crippen LogP contribution < -0.4 is 4.74 Å². The molecule has 1 aromatic carbocycles. The summed E-state index contributed by atoms with van der Waals surface area (Å²) < 4.78 is 9.56. The second-order valence-corrected chi connectivity index (χ2v) is 2.95. The molecule has 0 heterocycles. The first-order valence-electron chi connectivity index (χ1n) is 4.26. The molecule has 0 aliphatic heterocycles. The Hall–Kier alpha value is -1.91. The van der Waals surface area contributed by atoms with Crippen molar-refractivity contribution >= 4 is 5.97 Å². The lowest BCUT2D eigenvalue weighted by atomic mass is 10.2. The number of hydrogen-bond acceptors (Lipinski definition) is 5. The Balaban J connectivity index is 2.90. The van der Waals surface area contributed by atoms with Crippen molar-refractivity contribution in [3.05, 3.63) is 17.7 Å². The van der Waals surface area contributed by atoms with Gasteiger partial charge in [0.05, 0.1) is 7.11 Å². The van der Waals surface area contributed by atoms with Crippen LogP contribution in [0.5, 0.6) is 17.2 Å². The lowest BCUT2D eigenvalue weighted by molar-refractivity contribution is -0.142. The smallest absolute Gasteiger partial charge is 0.302 e. The van der Waals surface area contributed by atoms with E-state index in [1.807, 2.05) is 0 Å². The lowest BCUT2D eigenvalue weighted by Gasteiger charge is -2.08. The Labute approximate surface area is 86.9 Å². The SMILES string of the molecule is COc1cc(COC(C)=O)cc(O)c1O. The molecule has 0 saturated heterocycles. The Kier molecular flexibility index (Phi) is 3.38. The number of phenolic OH excluding ortho intramolecular Hbond substituents is 2. The topological polar surface area (TPSA) is 76.0 Å². The molecule has 0 saturated carbocycles. The predicted molar refractivity (Wildman–Crippen MR) is 51.8 cm³/mol. The van der Waals surface area contributed by atoms with Crippen LogP contribution in [0, 0.1) is 0 Å². The highest BCUT2D eigenvalue weighted by atomic mass is 16.5. The molecule has 0 bridgehead atoms. The van der Waals surface area contributed by atoms with Crippen molar-refractivity contribution in [2.24, 2.45) is 0 Å². The van der Waals surface area contributed by atoms with Crippen molar-refractivity contribution < 1.29 is 24.5 Å². The monoisotopic (exact) mass is 212 g/mol. The largest absolute Gasteiger partial charge is 0.504 e. The summed E-state index contributed by atoms with van der Waals surface area (Å²) >= 11 is 0. The number of hydrogen-bond donors (Lipinski definition) is 2. The van der Waals surface area contributed by atoms with Gasteiger partial charge in [-0.05, 0) is 17.7 Å². The van der Waals surface area contributed by atoms with Gasteiger partial charge in [-0.1, -0.05) is 0 Å². The Morgan fingerprint density at radius 2 is 2.07 bits per heavy atom. The molecule has 15 heavy (non-hydrogen) atoms. The zero-order valence-corrected chi connectivity index (χ0v) is 8.48. The number of carbonyl (C=O) groups excluding carboxylic acids is 1. The Bertz CT molecular complexity index is 372. The zero-order chi connectivity index (χ0) is 11.4. The summed E-state index contributed by atoms with van der Waals surface area (Å²) in [6.07, 6.45) is 0. The number of phenols is 2. The first-order valence-corrected chi connectivity index (χ1v) is 4.26. The van der Waals surface area contributed by atoms with E-state index in [9.17, 15) is 15.0 Å². The van der Waals surface area contributed by atoms with E-state index < -0.39 is 5.97 Å². The van der Waals surface area contributed by atoms with E-state index >= 15 is 0 Å². The fraction of sp³-hybridized carbons (Fsp3) is 0.300. The summed E-state index contributed by atoms with van der Waals surface area (Å²) in [5.41, 5.74) is 0.539. The minimum atomic E-state index is -0.415. The third kappa shape index (κ3) is 2.77. The maximum atomic E-state index is 10.6. The molecular formula is C10H12O5. The second-order valence-electron chi connectivity index (χ2n) is 2.95. The molecule has 0 aliphatic carbocycles. The number of methoxy groups -OCH3 is 1. The first kappa shape index (κ1) is 11.2. The number of aromatic hydroxyl groups is 2. The highest BCUT2D eigenvalue weighted by Crippen LogP contribution is 2.36. The molecule has 2 N–H and O–H groups in total. The summed E-state index contributed by atoms with van der Waals surface area (Å²) in [5.74, 6) is -0.917. The van der Waals surface area contributed by atoms with E-state index in [1.54, 1.807) is 0 Å². The van der Waals surface area contributed by atoms with Crippen molar-refractivity contribution in [2.45, 2.75) is 13.5 Å². The molecule has 5 nitrogen and oxygen atoms in total. The van der Waals surface area contributed by atoms with Crippen molar-refractivity contribution in [3.8, 4) is 17.2 Å². The van der Waals surface area contributed by atoms with Crippen molar-refractivity contribution in [1.82, 2.24) is 0 Å². The quantitative estimate of drug-likeness (QED) is 0.581. The molecule has 82 valence electrons. The van der Waals surface area contributed by atoms with Gasteiger partial charge in [0, 0.05) is 6.92 Å². The molecule has 1 aromatic rings. The van der Waals surface area contributed by atoms with Gasteiger partial charge < -0.3 is 19.7 Å². The lowest BCUT2D eigenvalue weighted by Crippen LogP contribution is -1.99. The fourth-order valence-corrected chi connectivity index (χ4v) is 1.07. The van der Waals surface area contributed by atoms with E-state index in [4.69, 9.17) is 9.47 Å². The molecule has 0 radical (unpaired) electrons. The van der Waals surface area contributed by atoms with E-state index in [0.29, 0.717) is 5.56 Å². The number of rotatable bonds is 3. The van der Waals surface area contributed by atoms with Gasteiger partial charge in [0.15, 0.2) is 11.5 Å². The molecule has 0 aromatic heterocycles. The molecule has 0 amide bonds. The van der Waals surface area contributed by atoms with E-state index in [2.05, 4.69) is 0 Å². The predicted octanol–water partition coefficient (Wildman–Crippen LogP) is 1.17. The van der Waals surface area contributed by atoms with Crippen LogP contribution >= 0.6 is 0 Å². The van der Waals surface area contributed by atoms with Gasteiger partial charge in [0.25, 0.3) is 0 Å². The minimum Gasteiger partial charge on any atom is -0.504 e. The van der Waals surface area contributed by atoms with Gasteiger partial charge in [0.2, 0.25) is 5.75 Å². The fourth-order valence-electron chi connectivity index (χ4n) is 1.07. The van der Waals surface area contributed by atoms with Crippen molar-refractivity contribution in [2.75, 3.05) is 7.11 Å². The first-order chi connectivity index (χ1) is 7.04. The van der Waals surface area contributed by atoms with Crippen molar-refractivity contribution in [1.29, 1.82) is 0 Å². The summed E-state index contributed by atoms with van der Waals surface area (Å²) in [7, 11) is 1.37. The van der Waals surface area contributed by atoms with Crippen molar-refractivity contribution in [3.63, 3.8) is 0 Å². The maximum absolute atomic E-state index is 10.6. The van der Waals surface area contributed by atoms with Gasteiger partial charge in [0.1, 0.15) is 6.61 Å². The number of ether oxygens (including phenoxy) is 2. The third-order valence-corrected chi connectivity index (χ3v) is 1.78.